The molecule has 0 bridgehead atoms. The van der Waals surface area contributed by atoms with Gasteiger partial charge in [0.2, 0.25) is 0 Å². The summed E-state index contributed by atoms with van der Waals surface area (Å²) in [6, 6.07) is 10.2. The molecule has 0 aromatic carbocycles. The van der Waals surface area contributed by atoms with Crippen LogP contribution in [0.2, 0.25) is 0 Å². The molecule has 0 saturated heterocycles. The van der Waals surface area contributed by atoms with Crippen molar-refractivity contribution in [3.8, 4) is 11.1 Å². The Hall–Kier alpha value is -2.36. The van der Waals surface area contributed by atoms with Crippen molar-refractivity contribution in [3.05, 3.63) is 47.0 Å². The molecule has 0 unspecified atom stereocenters. The van der Waals surface area contributed by atoms with E-state index in [4.69, 9.17) is 9.47 Å². The van der Waals surface area contributed by atoms with Crippen molar-refractivity contribution in [1.82, 2.24) is 0 Å². The van der Waals surface area contributed by atoms with Crippen LogP contribution in [-0.2, 0) is 20.7 Å². The summed E-state index contributed by atoms with van der Waals surface area (Å²) in [6.07, 6.45) is 2.52. The van der Waals surface area contributed by atoms with E-state index < -0.39 is 0 Å². The van der Waals surface area contributed by atoms with Crippen LogP contribution in [0, 0.1) is 0 Å². The van der Waals surface area contributed by atoms with Crippen LogP contribution in [0.25, 0.3) is 11.1 Å². The lowest BCUT2D eigenvalue weighted by molar-refractivity contribution is -0.141. The van der Waals surface area contributed by atoms with Gasteiger partial charge in [0, 0.05) is 6.92 Å². The first-order valence-corrected chi connectivity index (χ1v) is 8.71. The zero-order chi connectivity index (χ0) is 18.4. The highest BCUT2D eigenvalue weighted by Gasteiger charge is 2.20. The van der Waals surface area contributed by atoms with Crippen molar-refractivity contribution in [2.45, 2.75) is 46.0 Å². The molecule has 0 N–H and O–H groups in total. The molecule has 0 fully saturated rings. The van der Waals surface area contributed by atoms with E-state index in [1.807, 2.05) is 12.1 Å². The summed E-state index contributed by atoms with van der Waals surface area (Å²) in [6.45, 7) is 6.15. The number of hydrogen-bond donors (Lipinski definition) is 0. The SMILES string of the molecule is COC(=O)c1cc(CCCCOC(C)=O)c2ccc(C(C)C)ccc1-2. The lowest BCUT2D eigenvalue weighted by Crippen LogP contribution is -2.00. The van der Waals surface area contributed by atoms with Gasteiger partial charge in [0.1, 0.15) is 0 Å². The van der Waals surface area contributed by atoms with Crippen LogP contribution >= 0.6 is 0 Å². The van der Waals surface area contributed by atoms with Crippen LogP contribution in [0.5, 0.6) is 0 Å². The first kappa shape index (κ1) is 19.0. The van der Waals surface area contributed by atoms with Gasteiger partial charge in [-0.05, 0) is 53.5 Å². The maximum Gasteiger partial charge on any atom is 0.338 e. The molecule has 0 radical (unpaired) electrons. The number of carbonyl (C=O) groups excluding carboxylic acids is 2. The molecule has 2 aliphatic carbocycles. The number of unbranched alkanes of at least 4 members (excludes halogenated alkanes) is 1. The normalized spacial score (nSPS) is 10.9. The van der Waals surface area contributed by atoms with Gasteiger partial charge in [-0.1, -0.05) is 38.1 Å². The second-order valence-electron chi connectivity index (χ2n) is 6.52. The van der Waals surface area contributed by atoms with Crippen LogP contribution in [0.4, 0.5) is 0 Å². The lowest BCUT2D eigenvalue weighted by Gasteiger charge is -2.03. The Bertz CT molecular complexity index is 718. The second kappa shape index (κ2) is 8.65. The molecule has 0 aliphatic heterocycles. The van der Waals surface area contributed by atoms with Crippen LogP contribution in [0.15, 0.2) is 30.3 Å². The van der Waals surface area contributed by atoms with Gasteiger partial charge in [0.15, 0.2) is 0 Å². The van der Waals surface area contributed by atoms with Crippen LogP contribution in [-0.4, -0.2) is 25.7 Å². The summed E-state index contributed by atoms with van der Waals surface area (Å²) in [4.78, 5) is 22.9. The Kier molecular flexibility index (Phi) is 6.57. The van der Waals surface area contributed by atoms with Crippen LogP contribution in [0.3, 0.4) is 0 Å². The highest BCUT2D eigenvalue weighted by Crippen LogP contribution is 2.34. The minimum atomic E-state index is -0.312. The summed E-state index contributed by atoms with van der Waals surface area (Å²) in [5.74, 6) is -0.140. The predicted molar refractivity (Wildman–Crippen MR) is 98.1 cm³/mol. The Morgan fingerprint density at radius 1 is 1.04 bits per heavy atom. The number of hydrogen-bond acceptors (Lipinski definition) is 4. The number of carbonyl (C=O) groups is 2. The molecule has 134 valence electrons. The van der Waals surface area contributed by atoms with Crippen LogP contribution < -0.4 is 0 Å². The topological polar surface area (TPSA) is 52.6 Å². The smallest absolute Gasteiger partial charge is 0.338 e. The van der Waals surface area contributed by atoms with E-state index in [0.717, 1.165) is 36.0 Å². The Morgan fingerprint density at radius 3 is 2.32 bits per heavy atom. The monoisotopic (exact) mass is 342 g/mol. The van der Waals surface area contributed by atoms with Crippen molar-refractivity contribution in [3.63, 3.8) is 0 Å². The quantitative estimate of drug-likeness (QED) is 0.545. The van der Waals surface area contributed by atoms with Crippen molar-refractivity contribution >= 4 is 11.9 Å². The number of aryl methyl sites for hydroxylation is 1. The molecule has 0 amide bonds. The third-order valence-electron chi connectivity index (χ3n) is 4.35. The van der Waals surface area contributed by atoms with Gasteiger partial charge >= 0.3 is 11.9 Å². The largest absolute Gasteiger partial charge is 0.466 e. The van der Waals surface area contributed by atoms with Crippen molar-refractivity contribution < 1.29 is 19.1 Å². The minimum absolute atomic E-state index is 0.250. The number of ether oxygens (including phenoxy) is 2. The molecule has 0 aromatic heterocycles. The molecule has 4 nitrogen and oxygen atoms in total. The second-order valence-corrected chi connectivity index (χ2v) is 6.52. The third-order valence-corrected chi connectivity index (χ3v) is 4.35. The molecular formula is C21H26O4. The molecule has 0 spiro atoms. The first-order valence-electron chi connectivity index (χ1n) is 8.71. The van der Waals surface area contributed by atoms with E-state index in [9.17, 15) is 9.59 Å². The maximum atomic E-state index is 12.1. The zero-order valence-corrected chi connectivity index (χ0v) is 15.4. The molecule has 0 aromatic rings. The van der Waals surface area contributed by atoms with Gasteiger partial charge in [-0.3, -0.25) is 4.79 Å². The van der Waals surface area contributed by atoms with E-state index in [2.05, 4.69) is 32.0 Å². The minimum Gasteiger partial charge on any atom is -0.466 e. The Morgan fingerprint density at radius 2 is 1.72 bits per heavy atom. The summed E-state index contributed by atoms with van der Waals surface area (Å²) < 4.78 is 9.91. The molecule has 0 atom stereocenters. The summed E-state index contributed by atoms with van der Waals surface area (Å²) in [5, 5.41) is 0. The molecular weight excluding hydrogens is 316 g/mol. The summed E-state index contributed by atoms with van der Waals surface area (Å²) in [7, 11) is 1.41. The lowest BCUT2D eigenvalue weighted by atomic mass is 10.0. The maximum absolute atomic E-state index is 12.1. The molecule has 4 heteroatoms. The first-order chi connectivity index (χ1) is 11.9. The highest BCUT2D eigenvalue weighted by molar-refractivity contribution is 6.00. The fourth-order valence-electron chi connectivity index (χ4n) is 2.94. The Labute approximate surface area is 149 Å². The van der Waals surface area contributed by atoms with Crippen molar-refractivity contribution in [2.24, 2.45) is 0 Å². The number of methoxy groups -OCH3 is 1. The van der Waals surface area contributed by atoms with E-state index in [-0.39, 0.29) is 11.9 Å². The number of rotatable bonds is 7. The number of esters is 2. The average molecular weight is 342 g/mol. The van der Waals surface area contributed by atoms with E-state index in [1.54, 1.807) is 0 Å². The summed E-state index contributed by atoms with van der Waals surface area (Å²) in [5.41, 5.74) is 4.98. The van der Waals surface area contributed by atoms with Crippen molar-refractivity contribution in [1.29, 1.82) is 0 Å². The van der Waals surface area contributed by atoms with E-state index in [0.29, 0.717) is 18.1 Å². The highest BCUT2D eigenvalue weighted by atomic mass is 16.5. The fourth-order valence-corrected chi connectivity index (χ4v) is 2.94. The van der Waals surface area contributed by atoms with Gasteiger partial charge < -0.3 is 9.47 Å². The fraction of sp³-hybridized carbons (Fsp3) is 0.429. The number of fused-ring (bicyclic) bond motifs is 1. The van der Waals surface area contributed by atoms with E-state index >= 15 is 0 Å². The third kappa shape index (κ3) is 4.81. The summed E-state index contributed by atoms with van der Waals surface area (Å²) >= 11 is 0. The van der Waals surface area contributed by atoms with Crippen LogP contribution in [0.1, 0.15) is 61.0 Å². The van der Waals surface area contributed by atoms with Gasteiger partial charge in [0.25, 0.3) is 0 Å². The zero-order valence-electron chi connectivity index (χ0n) is 15.4. The molecule has 0 saturated carbocycles. The van der Waals surface area contributed by atoms with Gasteiger partial charge in [0.05, 0.1) is 19.3 Å². The molecule has 2 aliphatic rings. The van der Waals surface area contributed by atoms with Gasteiger partial charge in [-0.25, -0.2) is 4.79 Å². The standard InChI is InChI=1S/C21H26O4/c1-14(2)16-8-10-18-17(7-5-6-12-25-15(3)22)13-20(21(23)24-4)19(18)11-9-16/h8-11,13-14H,5-7,12H2,1-4H3. The molecule has 2 rings (SSSR count). The van der Waals surface area contributed by atoms with Crippen molar-refractivity contribution in [2.75, 3.05) is 13.7 Å². The van der Waals surface area contributed by atoms with E-state index in [1.165, 1.54) is 19.6 Å². The predicted octanol–water partition coefficient (Wildman–Crippen LogP) is 4.59. The Balaban J connectivity index is 2.26. The van der Waals surface area contributed by atoms with Gasteiger partial charge in [-0.15, -0.1) is 0 Å². The molecule has 25 heavy (non-hydrogen) atoms. The van der Waals surface area contributed by atoms with Gasteiger partial charge in [-0.2, -0.15) is 0 Å². The molecule has 0 heterocycles. The average Bonchev–Trinajstić information content (AvgIpc) is 2.76.